The van der Waals surface area contributed by atoms with E-state index in [4.69, 9.17) is 0 Å². The minimum Gasteiger partial charge on any atom is -0.299 e. The molecule has 0 unspecified atom stereocenters. The highest BCUT2D eigenvalue weighted by atomic mass is 79.9. The summed E-state index contributed by atoms with van der Waals surface area (Å²) < 4.78 is 1.03. The molecule has 0 aliphatic carbocycles. The summed E-state index contributed by atoms with van der Waals surface area (Å²) in [7, 11) is 0. The third-order valence-electron chi connectivity index (χ3n) is 2.18. The number of allylic oxidation sites excluding steroid dienone is 2. The van der Waals surface area contributed by atoms with Crippen LogP contribution < -0.4 is 0 Å². The van der Waals surface area contributed by atoms with Crippen molar-refractivity contribution >= 4 is 27.8 Å². The summed E-state index contributed by atoms with van der Waals surface area (Å²) in [4.78, 5) is 10.6. The standard InChI is InChI=1S/C13H15BrO/c1-13(2,3)12(7-8-15)10-5-4-6-11(14)9-10/h4-9H,1-3H3/b12-7+. The van der Waals surface area contributed by atoms with Gasteiger partial charge in [0.1, 0.15) is 6.29 Å². The van der Waals surface area contributed by atoms with Crippen LogP contribution in [0.5, 0.6) is 0 Å². The van der Waals surface area contributed by atoms with E-state index in [0.29, 0.717) is 0 Å². The summed E-state index contributed by atoms with van der Waals surface area (Å²) in [6, 6.07) is 8.00. The summed E-state index contributed by atoms with van der Waals surface area (Å²) in [5.74, 6) is 0. The van der Waals surface area contributed by atoms with Crippen LogP contribution >= 0.6 is 15.9 Å². The van der Waals surface area contributed by atoms with E-state index in [0.717, 1.165) is 21.9 Å². The molecular weight excluding hydrogens is 252 g/mol. The van der Waals surface area contributed by atoms with Gasteiger partial charge in [-0.1, -0.05) is 48.8 Å². The van der Waals surface area contributed by atoms with E-state index in [9.17, 15) is 4.79 Å². The Morgan fingerprint density at radius 1 is 1.33 bits per heavy atom. The molecule has 0 amide bonds. The van der Waals surface area contributed by atoms with E-state index in [1.54, 1.807) is 6.08 Å². The quantitative estimate of drug-likeness (QED) is 0.583. The zero-order valence-corrected chi connectivity index (χ0v) is 10.8. The predicted molar refractivity (Wildman–Crippen MR) is 67.6 cm³/mol. The molecule has 1 aromatic carbocycles. The third-order valence-corrected chi connectivity index (χ3v) is 2.67. The zero-order chi connectivity index (χ0) is 11.5. The van der Waals surface area contributed by atoms with Gasteiger partial charge in [-0.2, -0.15) is 0 Å². The van der Waals surface area contributed by atoms with Crippen molar-refractivity contribution in [2.75, 3.05) is 0 Å². The van der Waals surface area contributed by atoms with Gasteiger partial charge in [-0.3, -0.25) is 4.79 Å². The fourth-order valence-corrected chi connectivity index (χ4v) is 1.90. The van der Waals surface area contributed by atoms with Crippen molar-refractivity contribution in [1.82, 2.24) is 0 Å². The molecule has 0 atom stereocenters. The third kappa shape index (κ3) is 3.31. The SMILES string of the molecule is CC(C)(C)/C(=C/C=O)c1cccc(Br)c1. The summed E-state index contributed by atoms with van der Waals surface area (Å²) in [6.45, 7) is 6.30. The molecule has 0 bridgehead atoms. The van der Waals surface area contributed by atoms with E-state index >= 15 is 0 Å². The van der Waals surface area contributed by atoms with E-state index in [1.807, 2.05) is 24.3 Å². The molecule has 2 heteroatoms. The Bertz CT molecular complexity index is 386. The highest BCUT2D eigenvalue weighted by Crippen LogP contribution is 2.34. The smallest absolute Gasteiger partial charge is 0.143 e. The maximum absolute atomic E-state index is 10.6. The Kier molecular flexibility index (Phi) is 3.86. The lowest BCUT2D eigenvalue weighted by molar-refractivity contribution is -0.104. The van der Waals surface area contributed by atoms with Crippen LogP contribution in [0.4, 0.5) is 0 Å². The van der Waals surface area contributed by atoms with E-state index < -0.39 is 0 Å². The van der Waals surface area contributed by atoms with Gasteiger partial charge in [0.25, 0.3) is 0 Å². The first-order valence-corrected chi connectivity index (χ1v) is 5.66. The highest BCUT2D eigenvalue weighted by molar-refractivity contribution is 9.10. The molecule has 0 saturated carbocycles. The largest absolute Gasteiger partial charge is 0.299 e. The molecular formula is C13H15BrO. The van der Waals surface area contributed by atoms with Crippen LogP contribution in [0.25, 0.3) is 5.57 Å². The summed E-state index contributed by atoms with van der Waals surface area (Å²) in [6.07, 6.45) is 2.49. The maximum Gasteiger partial charge on any atom is 0.143 e. The molecule has 80 valence electrons. The summed E-state index contributed by atoms with van der Waals surface area (Å²) in [5.41, 5.74) is 2.12. The van der Waals surface area contributed by atoms with Crippen LogP contribution in [0.2, 0.25) is 0 Å². The van der Waals surface area contributed by atoms with Crippen LogP contribution in [0, 0.1) is 5.41 Å². The van der Waals surface area contributed by atoms with Crippen LogP contribution in [0.3, 0.4) is 0 Å². The second kappa shape index (κ2) is 4.75. The van der Waals surface area contributed by atoms with Crippen molar-refractivity contribution in [3.63, 3.8) is 0 Å². The molecule has 0 aliphatic heterocycles. The average molecular weight is 267 g/mol. The summed E-state index contributed by atoms with van der Waals surface area (Å²) in [5, 5.41) is 0. The van der Waals surface area contributed by atoms with Crippen LogP contribution in [-0.2, 0) is 4.79 Å². The van der Waals surface area contributed by atoms with Gasteiger partial charge in [-0.15, -0.1) is 0 Å². The molecule has 0 radical (unpaired) electrons. The van der Waals surface area contributed by atoms with Crippen molar-refractivity contribution in [3.05, 3.63) is 40.4 Å². The normalized spacial score (nSPS) is 12.7. The zero-order valence-electron chi connectivity index (χ0n) is 9.25. The lowest BCUT2D eigenvalue weighted by atomic mass is 9.82. The lowest BCUT2D eigenvalue weighted by Gasteiger charge is -2.23. The minimum atomic E-state index is -0.0261. The lowest BCUT2D eigenvalue weighted by Crippen LogP contribution is -2.08. The fourth-order valence-electron chi connectivity index (χ4n) is 1.50. The molecule has 0 spiro atoms. The minimum absolute atomic E-state index is 0.0261. The molecule has 15 heavy (non-hydrogen) atoms. The van der Waals surface area contributed by atoms with Gasteiger partial charge >= 0.3 is 0 Å². The van der Waals surface area contributed by atoms with Gasteiger partial charge < -0.3 is 0 Å². The van der Waals surface area contributed by atoms with Gasteiger partial charge in [-0.05, 0) is 34.8 Å². The van der Waals surface area contributed by atoms with Crippen LogP contribution in [0.1, 0.15) is 26.3 Å². The number of halogens is 1. The Labute approximate surface area is 99.3 Å². The number of benzene rings is 1. The van der Waals surface area contributed by atoms with Crippen LogP contribution in [-0.4, -0.2) is 6.29 Å². The van der Waals surface area contributed by atoms with Crippen molar-refractivity contribution in [3.8, 4) is 0 Å². The molecule has 1 aromatic rings. The van der Waals surface area contributed by atoms with Gasteiger partial charge in [-0.25, -0.2) is 0 Å². The van der Waals surface area contributed by atoms with Crippen molar-refractivity contribution in [2.45, 2.75) is 20.8 Å². The molecule has 0 saturated heterocycles. The highest BCUT2D eigenvalue weighted by Gasteiger charge is 2.18. The number of hydrogen-bond acceptors (Lipinski definition) is 1. The van der Waals surface area contributed by atoms with Gasteiger partial charge in [0, 0.05) is 4.47 Å². The first-order valence-electron chi connectivity index (χ1n) is 4.87. The Morgan fingerprint density at radius 3 is 2.47 bits per heavy atom. The molecule has 0 heterocycles. The molecule has 1 rings (SSSR count). The molecule has 0 aromatic heterocycles. The number of aldehydes is 1. The Hall–Kier alpha value is -0.890. The number of hydrogen-bond donors (Lipinski definition) is 0. The van der Waals surface area contributed by atoms with Crippen LogP contribution in [0.15, 0.2) is 34.8 Å². The second-order valence-electron chi connectivity index (χ2n) is 4.48. The molecule has 0 aliphatic rings. The van der Waals surface area contributed by atoms with Gasteiger partial charge in [0.05, 0.1) is 0 Å². The van der Waals surface area contributed by atoms with E-state index in [-0.39, 0.29) is 5.41 Å². The van der Waals surface area contributed by atoms with Gasteiger partial charge in [0.2, 0.25) is 0 Å². The van der Waals surface area contributed by atoms with Gasteiger partial charge in [0.15, 0.2) is 0 Å². The average Bonchev–Trinajstić information content (AvgIpc) is 2.12. The fraction of sp³-hybridized carbons (Fsp3) is 0.308. The van der Waals surface area contributed by atoms with Crippen molar-refractivity contribution in [2.24, 2.45) is 5.41 Å². The number of carbonyl (C=O) groups excluding carboxylic acids is 1. The first kappa shape index (κ1) is 12.2. The Morgan fingerprint density at radius 2 is 2.00 bits per heavy atom. The van der Waals surface area contributed by atoms with E-state index in [2.05, 4.69) is 36.7 Å². The summed E-state index contributed by atoms with van der Waals surface area (Å²) >= 11 is 3.43. The predicted octanol–water partition coefficient (Wildman–Crippen LogP) is 4.08. The molecule has 0 fully saturated rings. The molecule has 1 nitrogen and oxygen atoms in total. The van der Waals surface area contributed by atoms with Crippen molar-refractivity contribution < 1.29 is 4.79 Å². The number of rotatable bonds is 2. The molecule has 0 N–H and O–H groups in total. The van der Waals surface area contributed by atoms with E-state index in [1.165, 1.54) is 0 Å². The Balaban J connectivity index is 3.23. The number of carbonyl (C=O) groups is 1. The monoisotopic (exact) mass is 266 g/mol. The maximum atomic E-state index is 10.6. The topological polar surface area (TPSA) is 17.1 Å². The second-order valence-corrected chi connectivity index (χ2v) is 5.39. The first-order chi connectivity index (χ1) is 6.95. The van der Waals surface area contributed by atoms with Crippen molar-refractivity contribution in [1.29, 1.82) is 0 Å².